The molecule has 0 amide bonds. The molecule has 0 aromatic rings. The van der Waals surface area contributed by atoms with E-state index in [1.807, 2.05) is 20.9 Å². The maximum Gasteiger partial charge on any atom is 0.0594 e. The SMILES string of the molecule is CC.CNCCN1CCCC1.COCCN1CCOCC1. The lowest BCUT2D eigenvalue weighted by Gasteiger charge is -2.25. The number of ether oxygens (including phenoxy) is 2. The van der Waals surface area contributed by atoms with Gasteiger partial charge in [-0.05, 0) is 33.0 Å². The Balaban J connectivity index is 0.000000342. The van der Waals surface area contributed by atoms with Crippen molar-refractivity contribution in [1.82, 2.24) is 15.1 Å². The summed E-state index contributed by atoms with van der Waals surface area (Å²) in [5, 5.41) is 3.15. The van der Waals surface area contributed by atoms with Gasteiger partial charge in [0.05, 0.1) is 19.8 Å². The first-order chi connectivity index (χ1) is 10.4. The Bertz CT molecular complexity index is 194. The summed E-state index contributed by atoms with van der Waals surface area (Å²) in [6, 6.07) is 0. The Labute approximate surface area is 132 Å². The second-order valence-corrected chi connectivity index (χ2v) is 5.10. The molecular weight excluding hydrogens is 266 g/mol. The van der Waals surface area contributed by atoms with Crippen LogP contribution in [-0.2, 0) is 9.47 Å². The molecule has 0 aliphatic carbocycles. The van der Waals surface area contributed by atoms with E-state index < -0.39 is 0 Å². The molecule has 2 saturated heterocycles. The van der Waals surface area contributed by atoms with E-state index in [2.05, 4.69) is 15.1 Å². The molecule has 1 N–H and O–H groups in total. The van der Waals surface area contributed by atoms with Gasteiger partial charge in [-0.25, -0.2) is 0 Å². The lowest BCUT2D eigenvalue weighted by Crippen LogP contribution is -2.38. The zero-order valence-electron chi connectivity index (χ0n) is 14.7. The van der Waals surface area contributed by atoms with Crippen LogP contribution in [-0.4, -0.2) is 89.6 Å². The predicted molar refractivity (Wildman–Crippen MR) is 90.1 cm³/mol. The molecule has 0 saturated carbocycles. The third-order valence-corrected chi connectivity index (χ3v) is 3.59. The van der Waals surface area contributed by atoms with Crippen molar-refractivity contribution in [3.8, 4) is 0 Å². The quantitative estimate of drug-likeness (QED) is 0.800. The second kappa shape index (κ2) is 16.2. The van der Waals surface area contributed by atoms with Gasteiger partial charge in [-0.2, -0.15) is 0 Å². The molecular formula is C16H37N3O2. The van der Waals surface area contributed by atoms with E-state index in [0.717, 1.165) is 46.0 Å². The fraction of sp³-hybridized carbons (Fsp3) is 1.00. The van der Waals surface area contributed by atoms with E-state index in [1.165, 1.54) is 32.5 Å². The highest BCUT2D eigenvalue weighted by molar-refractivity contribution is 4.65. The smallest absolute Gasteiger partial charge is 0.0594 e. The highest BCUT2D eigenvalue weighted by Gasteiger charge is 2.09. The van der Waals surface area contributed by atoms with Gasteiger partial charge in [-0.3, -0.25) is 4.90 Å². The molecule has 0 aromatic carbocycles. The molecule has 2 heterocycles. The van der Waals surface area contributed by atoms with Crippen molar-refractivity contribution in [3.63, 3.8) is 0 Å². The fourth-order valence-electron chi connectivity index (χ4n) is 2.32. The summed E-state index contributed by atoms with van der Waals surface area (Å²) in [5.74, 6) is 0. The molecule has 0 aromatic heterocycles. The maximum absolute atomic E-state index is 5.20. The average Bonchev–Trinajstić information content (AvgIpc) is 3.08. The van der Waals surface area contributed by atoms with Crippen molar-refractivity contribution in [3.05, 3.63) is 0 Å². The predicted octanol–water partition coefficient (Wildman–Crippen LogP) is 1.29. The topological polar surface area (TPSA) is 37.0 Å². The number of hydrogen-bond donors (Lipinski definition) is 1. The summed E-state index contributed by atoms with van der Waals surface area (Å²) < 4.78 is 10.2. The molecule has 0 spiro atoms. The highest BCUT2D eigenvalue weighted by Crippen LogP contribution is 2.05. The molecule has 128 valence electrons. The Morgan fingerprint density at radius 1 is 0.952 bits per heavy atom. The van der Waals surface area contributed by atoms with Gasteiger partial charge < -0.3 is 19.7 Å². The lowest BCUT2D eigenvalue weighted by atomic mass is 10.4. The summed E-state index contributed by atoms with van der Waals surface area (Å²) in [7, 11) is 3.75. The van der Waals surface area contributed by atoms with Crippen LogP contribution >= 0.6 is 0 Å². The van der Waals surface area contributed by atoms with Crippen molar-refractivity contribution in [2.24, 2.45) is 0 Å². The van der Waals surface area contributed by atoms with Gasteiger partial charge in [0.2, 0.25) is 0 Å². The number of morpholine rings is 1. The molecule has 5 nitrogen and oxygen atoms in total. The molecule has 5 heteroatoms. The van der Waals surface area contributed by atoms with E-state index in [-0.39, 0.29) is 0 Å². The summed E-state index contributed by atoms with van der Waals surface area (Å²) >= 11 is 0. The monoisotopic (exact) mass is 303 g/mol. The zero-order chi connectivity index (χ0) is 15.8. The Kier molecular flexibility index (Phi) is 16.0. The van der Waals surface area contributed by atoms with Crippen molar-refractivity contribution in [2.45, 2.75) is 26.7 Å². The Hall–Kier alpha value is -0.200. The van der Waals surface area contributed by atoms with Crippen LogP contribution in [0.25, 0.3) is 0 Å². The van der Waals surface area contributed by atoms with Crippen molar-refractivity contribution in [2.75, 3.05) is 79.8 Å². The van der Waals surface area contributed by atoms with Crippen LogP contribution in [0.2, 0.25) is 0 Å². The molecule has 0 radical (unpaired) electrons. The van der Waals surface area contributed by atoms with Crippen LogP contribution in [0.3, 0.4) is 0 Å². The molecule has 2 rings (SSSR count). The van der Waals surface area contributed by atoms with Gasteiger partial charge in [-0.15, -0.1) is 0 Å². The van der Waals surface area contributed by atoms with Crippen LogP contribution < -0.4 is 5.32 Å². The van der Waals surface area contributed by atoms with Gasteiger partial charge >= 0.3 is 0 Å². The number of methoxy groups -OCH3 is 1. The first kappa shape index (κ1) is 20.8. The minimum absolute atomic E-state index is 0.833. The van der Waals surface area contributed by atoms with Crippen molar-refractivity contribution in [1.29, 1.82) is 0 Å². The Morgan fingerprint density at radius 2 is 1.52 bits per heavy atom. The summed E-state index contributed by atoms with van der Waals surface area (Å²) in [4.78, 5) is 4.86. The summed E-state index contributed by atoms with van der Waals surface area (Å²) in [5.41, 5.74) is 0. The normalized spacial score (nSPS) is 19.4. The van der Waals surface area contributed by atoms with Crippen LogP contribution in [0.5, 0.6) is 0 Å². The number of rotatable bonds is 6. The van der Waals surface area contributed by atoms with Crippen LogP contribution in [0.15, 0.2) is 0 Å². The number of nitrogens with zero attached hydrogens (tertiary/aromatic N) is 2. The number of nitrogens with one attached hydrogen (secondary N) is 1. The first-order valence-electron chi connectivity index (χ1n) is 8.53. The molecule has 0 bridgehead atoms. The molecule has 0 atom stereocenters. The maximum atomic E-state index is 5.20. The Morgan fingerprint density at radius 3 is 2.05 bits per heavy atom. The summed E-state index contributed by atoms with van der Waals surface area (Å²) in [6.45, 7) is 14.8. The molecule has 21 heavy (non-hydrogen) atoms. The van der Waals surface area contributed by atoms with Gasteiger partial charge in [-0.1, -0.05) is 13.8 Å². The van der Waals surface area contributed by atoms with Crippen molar-refractivity contribution >= 4 is 0 Å². The molecule has 2 aliphatic rings. The van der Waals surface area contributed by atoms with E-state index in [9.17, 15) is 0 Å². The van der Waals surface area contributed by atoms with Crippen LogP contribution in [0.1, 0.15) is 26.7 Å². The zero-order valence-corrected chi connectivity index (χ0v) is 14.7. The van der Waals surface area contributed by atoms with Crippen molar-refractivity contribution < 1.29 is 9.47 Å². The second-order valence-electron chi connectivity index (χ2n) is 5.10. The highest BCUT2D eigenvalue weighted by atomic mass is 16.5. The van der Waals surface area contributed by atoms with E-state index in [4.69, 9.17) is 9.47 Å². The van der Waals surface area contributed by atoms with Crippen LogP contribution in [0, 0.1) is 0 Å². The minimum Gasteiger partial charge on any atom is -0.383 e. The number of likely N-dealkylation sites (N-methyl/N-ethyl adjacent to an activating group) is 1. The van der Waals surface area contributed by atoms with E-state index in [0.29, 0.717) is 0 Å². The fourth-order valence-corrected chi connectivity index (χ4v) is 2.32. The molecule has 2 aliphatic heterocycles. The molecule has 2 fully saturated rings. The first-order valence-corrected chi connectivity index (χ1v) is 8.53. The largest absolute Gasteiger partial charge is 0.383 e. The van der Waals surface area contributed by atoms with E-state index in [1.54, 1.807) is 7.11 Å². The molecule has 0 unspecified atom stereocenters. The van der Waals surface area contributed by atoms with Gasteiger partial charge in [0, 0.05) is 39.8 Å². The lowest BCUT2D eigenvalue weighted by molar-refractivity contribution is 0.0263. The average molecular weight is 303 g/mol. The standard InChI is InChI=1S/C7H16N2.C7H15NO2.C2H6/c1-8-4-7-9-5-2-3-6-9;1-9-5-2-8-3-6-10-7-4-8;1-2/h8H,2-7H2,1H3;2-7H2,1H3;1-2H3. The van der Waals surface area contributed by atoms with Crippen LogP contribution in [0.4, 0.5) is 0 Å². The van der Waals surface area contributed by atoms with Gasteiger partial charge in [0.1, 0.15) is 0 Å². The third-order valence-electron chi connectivity index (χ3n) is 3.59. The number of hydrogen-bond acceptors (Lipinski definition) is 5. The van der Waals surface area contributed by atoms with Gasteiger partial charge in [0.25, 0.3) is 0 Å². The van der Waals surface area contributed by atoms with E-state index >= 15 is 0 Å². The van der Waals surface area contributed by atoms with Gasteiger partial charge in [0.15, 0.2) is 0 Å². The number of likely N-dealkylation sites (tertiary alicyclic amines) is 1. The minimum atomic E-state index is 0.833. The summed E-state index contributed by atoms with van der Waals surface area (Å²) in [6.07, 6.45) is 2.81. The third kappa shape index (κ3) is 12.1.